The Hall–Kier alpha value is -1.39. The van der Waals surface area contributed by atoms with Gasteiger partial charge in [-0.2, -0.15) is 0 Å². The second kappa shape index (κ2) is 7.08. The summed E-state index contributed by atoms with van der Waals surface area (Å²) >= 11 is 0. The maximum Gasteiger partial charge on any atom is 0.248 e. The molecular formula is C21H30N2O2. The third kappa shape index (κ3) is 3.75. The summed E-state index contributed by atoms with van der Waals surface area (Å²) in [5.41, 5.74) is 1.87. The fourth-order valence-corrected chi connectivity index (χ4v) is 4.90. The maximum absolute atomic E-state index is 12.1. The normalized spacial score (nSPS) is 26.8. The van der Waals surface area contributed by atoms with Crippen LogP contribution in [0.15, 0.2) is 30.3 Å². The van der Waals surface area contributed by atoms with E-state index in [1.807, 2.05) is 4.90 Å². The lowest BCUT2D eigenvalue weighted by molar-refractivity contribution is -0.138. The summed E-state index contributed by atoms with van der Waals surface area (Å²) in [5.74, 6) is 0.781. The number of hydrogen-bond donors (Lipinski definition) is 0. The number of benzene rings is 1. The highest BCUT2D eigenvalue weighted by atomic mass is 16.5. The third-order valence-electron chi connectivity index (χ3n) is 6.45. The zero-order valence-electron chi connectivity index (χ0n) is 15.3. The number of carbonyl (C=O) groups is 1. The van der Waals surface area contributed by atoms with Gasteiger partial charge >= 0.3 is 0 Å². The molecule has 1 saturated carbocycles. The average molecular weight is 342 g/mol. The van der Waals surface area contributed by atoms with Crippen LogP contribution in [0.2, 0.25) is 0 Å². The Labute approximate surface area is 151 Å². The van der Waals surface area contributed by atoms with Gasteiger partial charge in [-0.05, 0) is 49.0 Å². The van der Waals surface area contributed by atoms with Gasteiger partial charge in [0.05, 0.1) is 0 Å². The Balaban J connectivity index is 1.48. The molecule has 2 aliphatic heterocycles. The zero-order chi connectivity index (χ0) is 17.3. The van der Waals surface area contributed by atoms with Gasteiger partial charge in [0.2, 0.25) is 5.91 Å². The molecule has 0 unspecified atom stereocenters. The van der Waals surface area contributed by atoms with Gasteiger partial charge in [0, 0.05) is 39.3 Å². The molecule has 1 amide bonds. The summed E-state index contributed by atoms with van der Waals surface area (Å²) in [6.45, 7) is 4.44. The standard InChI is InChI=1S/C21H30N2O2/c1-25-15-20(24)22-11-9-21(10-12-22)13-18(17-5-3-2-4-6-17)14-23(16-21)19-7-8-19/h2-6,18-19H,7-16H2,1H3/t18-/m0/s1. The predicted octanol–water partition coefficient (Wildman–Crippen LogP) is 2.89. The summed E-state index contributed by atoms with van der Waals surface area (Å²) in [6, 6.07) is 11.9. The molecule has 2 saturated heterocycles. The van der Waals surface area contributed by atoms with E-state index >= 15 is 0 Å². The highest BCUT2D eigenvalue weighted by Crippen LogP contribution is 2.47. The topological polar surface area (TPSA) is 32.8 Å². The van der Waals surface area contributed by atoms with Crippen LogP contribution in [0.3, 0.4) is 0 Å². The molecule has 1 aromatic rings. The van der Waals surface area contributed by atoms with Gasteiger partial charge in [-0.1, -0.05) is 30.3 Å². The SMILES string of the molecule is COCC(=O)N1CCC2(CC1)C[C@H](c1ccccc1)CN(C1CC1)C2. The molecule has 3 fully saturated rings. The molecule has 4 heteroatoms. The van der Waals surface area contributed by atoms with Crippen molar-refractivity contribution >= 4 is 5.91 Å². The van der Waals surface area contributed by atoms with Crippen molar-refractivity contribution in [3.8, 4) is 0 Å². The number of likely N-dealkylation sites (tertiary alicyclic amines) is 2. The number of amides is 1. The highest BCUT2D eigenvalue weighted by Gasteiger charge is 2.45. The lowest BCUT2D eigenvalue weighted by Gasteiger charge is -2.50. The number of nitrogens with zero attached hydrogens (tertiary/aromatic N) is 2. The number of carbonyl (C=O) groups excluding carboxylic acids is 1. The molecule has 4 nitrogen and oxygen atoms in total. The molecular weight excluding hydrogens is 312 g/mol. The number of ether oxygens (including phenoxy) is 1. The Kier molecular flexibility index (Phi) is 4.83. The first-order valence-electron chi connectivity index (χ1n) is 9.75. The van der Waals surface area contributed by atoms with Crippen molar-refractivity contribution in [2.75, 3.05) is 39.9 Å². The maximum atomic E-state index is 12.1. The summed E-state index contributed by atoms with van der Waals surface area (Å²) in [7, 11) is 1.60. The molecule has 1 aromatic carbocycles. The van der Waals surface area contributed by atoms with E-state index in [0.717, 1.165) is 32.0 Å². The monoisotopic (exact) mass is 342 g/mol. The number of rotatable bonds is 4. The van der Waals surface area contributed by atoms with E-state index in [1.54, 1.807) is 7.11 Å². The molecule has 1 atom stereocenters. The van der Waals surface area contributed by atoms with Gasteiger partial charge < -0.3 is 9.64 Å². The van der Waals surface area contributed by atoms with Crippen LogP contribution in [0, 0.1) is 5.41 Å². The molecule has 3 aliphatic rings. The number of methoxy groups -OCH3 is 1. The molecule has 0 radical (unpaired) electrons. The Morgan fingerprint density at radius 1 is 1.20 bits per heavy atom. The number of hydrogen-bond acceptors (Lipinski definition) is 3. The van der Waals surface area contributed by atoms with Crippen LogP contribution in [-0.4, -0.2) is 61.6 Å². The average Bonchev–Trinajstić information content (AvgIpc) is 3.48. The molecule has 1 aliphatic carbocycles. The first-order valence-corrected chi connectivity index (χ1v) is 9.75. The van der Waals surface area contributed by atoms with E-state index in [4.69, 9.17) is 4.74 Å². The van der Waals surface area contributed by atoms with Crippen molar-refractivity contribution in [3.05, 3.63) is 35.9 Å². The summed E-state index contributed by atoms with van der Waals surface area (Å²) in [5, 5.41) is 0. The van der Waals surface area contributed by atoms with Crippen molar-refractivity contribution in [1.82, 2.24) is 9.80 Å². The van der Waals surface area contributed by atoms with Crippen LogP contribution in [0.5, 0.6) is 0 Å². The van der Waals surface area contributed by atoms with E-state index in [0.29, 0.717) is 11.3 Å². The smallest absolute Gasteiger partial charge is 0.248 e. The van der Waals surface area contributed by atoms with Gasteiger partial charge in [0.15, 0.2) is 0 Å². The van der Waals surface area contributed by atoms with Gasteiger partial charge in [0.1, 0.15) is 6.61 Å². The van der Waals surface area contributed by atoms with Crippen molar-refractivity contribution in [2.45, 2.75) is 44.1 Å². The van der Waals surface area contributed by atoms with Crippen LogP contribution < -0.4 is 0 Å². The van der Waals surface area contributed by atoms with Crippen molar-refractivity contribution in [3.63, 3.8) is 0 Å². The molecule has 0 aromatic heterocycles. The van der Waals surface area contributed by atoms with Crippen LogP contribution in [0.1, 0.15) is 43.6 Å². The van der Waals surface area contributed by atoms with Crippen molar-refractivity contribution in [2.24, 2.45) is 5.41 Å². The van der Waals surface area contributed by atoms with Gasteiger partial charge in [-0.3, -0.25) is 9.69 Å². The van der Waals surface area contributed by atoms with Gasteiger partial charge in [0.25, 0.3) is 0 Å². The lowest BCUT2D eigenvalue weighted by atomic mass is 9.68. The second-order valence-electron chi connectivity index (χ2n) is 8.29. The fraction of sp³-hybridized carbons (Fsp3) is 0.667. The van der Waals surface area contributed by atoms with E-state index in [1.165, 1.54) is 37.9 Å². The quantitative estimate of drug-likeness (QED) is 0.843. The van der Waals surface area contributed by atoms with Crippen LogP contribution in [-0.2, 0) is 9.53 Å². The zero-order valence-corrected chi connectivity index (χ0v) is 15.3. The van der Waals surface area contributed by atoms with Crippen molar-refractivity contribution < 1.29 is 9.53 Å². The Bertz CT molecular complexity index is 591. The van der Waals surface area contributed by atoms with E-state index in [-0.39, 0.29) is 12.5 Å². The van der Waals surface area contributed by atoms with E-state index < -0.39 is 0 Å². The number of piperidine rings is 2. The largest absolute Gasteiger partial charge is 0.375 e. The highest BCUT2D eigenvalue weighted by molar-refractivity contribution is 5.77. The predicted molar refractivity (Wildman–Crippen MR) is 98.5 cm³/mol. The van der Waals surface area contributed by atoms with Gasteiger partial charge in [-0.15, -0.1) is 0 Å². The van der Waals surface area contributed by atoms with E-state index in [2.05, 4.69) is 35.2 Å². The summed E-state index contributed by atoms with van der Waals surface area (Å²) in [6.07, 6.45) is 6.28. The summed E-state index contributed by atoms with van der Waals surface area (Å²) < 4.78 is 5.03. The molecule has 25 heavy (non-hydrogen) atoms. The minimum atomic E-state index is 0.145. The van der Waals surface area contributed by atoms with Crippen LogP contribution in [0.4, 0.5) is 0 Å². The minimum absolute atomic E-state index is 0.145. The Morgan fingerprint density at radius 3 is 2.56 bits per heavy atom. The Morgan fingerprint density at radius 2 is 1.92 bits per heavy atom. The minimum Gasteiger partial charge on any atom is -0.375 e. The van der Waals surface area contributed by atoms with Crippen molar-refractivity contribution in [1.29, 1.82) is 0 Å². The first-order chi connectivity index (χ1) is 12.2. The van der Waals surface area contributed by atoms with E-state index in [9.17, 15) is 4.79 Å². The molecule has 4 rings (SSSR count). The van der Waals surface area contributed by atoms with Gasteiger partial charge in [-0.25, -0.2) is 0 Å². The molecule has 0 bridgehead atoms. The lowest BCUT2D eigenvalue weighted by Crippen LogP contribution is -2.53. The summed E-state index contributed by atoms with van der Waals surface area (Å²) in [4.78, 5) is 16.9. The molecule has 136 valence electrons. The third-order valence-corrected chi connectivity index (χ3v) is 6.45. The van der Waals surface area contributed by atoms with Crippen LogP contribution >= 0.6 is 0 Å². The molecule has 1 spiro atoms. The molecule has 0 N–H and O–H groups in total. The fourth-order valence-electron chi connectivity index (χ4n) is 4.90. The first kappa shape index (κ1) is 17.0. The molecule has 2 heterocycles. The van der Waals surface area contributed by atoms with Crippen LogP contribution in [0.25, 0.3) is 0 Å². The second-order valence-corrected chi connectivity index (χ2v) is 8.29.